The Bertz CT molecular complexity index is 579. The minimum Gasteiger partial charge on any atom is -0.367 e. The van der Waals surface area contributed by atoms with Crippen LogP contribution in [0.5, 0.6) is 0 Å². The van der Waals surface area contributed by atoms with Gasteiger partial charge in [-0.25, -0.2) is 0 Å². The van der Waals surface area contributed by atoms with Crippen LogP contribution >= 0.6 is 27.3 Å². The van der Waals surface area contributed by atoms with Gasteiger partial charge in [-0.15, -0.1) is 11.3 Å². The lowest BCUT2D eigenvalue weighted by Gasteiger charge is -2.29. The number of nitrogens with zero attached hydrogens (tertiary/aromatic N) is 1. The molecule has 0 spiro atoms. The van der Waals surface area contributed by atoms with Crippen molar-refractivity contribution in [1.82, 2.24) is 5.32 Å². The molecule has 1 N–H and O–H groups in total. The minimum atomic E-state index is 0.898. The summed E-state index contributed by atoms with van der Waals surface area (Å²) in [4.78, 5) is 4.02. The first-order valence-electron chi connectivity index (χ1n) is 6.51. The lowest BCUT2D eigenvalue weighted by molar-refractivity contribution is 0.742. The first-order chi connectivity index (χ1) is 9.28. The summed E-state index contributed by atoms with van der Waals surface area (Å²) in [5.74, 6) is 0. The van der Waals surface area contributed by atoms with Crippen molar-refractivity contribution in [3.05, 3.63) is 50.1 Å². The van der Waals surface area contributed by atoms with Crippen molar-refractivity contribution in [2.45, 2.75) is 19.5 Å². The summed E-state index contributed by atoms with van der Waals surface area (Å²) in [5, 5.41) is 5.40. The average Bonchev–Trinajstić information content (AvgIpc) is 2.88. The molecule has 0 radical (unpaired) electrons. The molecule has 4 heteroatoms. The van der Waals surface area contributed by atoms with E-state index in [1.807, 2.05) is 18.4 Å². The third-order valence-corrected chi connectivity index (χ3v) is 5.34. The van der Waals surface area contributed by atoms with E-state index in [1.54, 1.807) is 4.88 Å². The molecule has 0 saturated carbocycles. The number of nitrogens with one attached hydrogen (secondary N) is 1. The molecule has 0 aliphatic carbocycles. The van der Waals surface area contributed by atoms with Gasteiger partial charge >= 0.3 is 0 Å². The van der Waals surface area contributed by atoms with Crippen molar-refractivity contribution in [2.75, 3.05) is 18.5 Å². The highest BCUT2D eigenvalue weighted by Gasteiger charge is 2.17. The molecule has 2 heterocycles. The zero-order valence-electron chi connectivity index (χ0n) is 10.9. The van der Waals surface area contributed by atoms with E-state index < -0.39 is 0 Å². The predicted molar refractivity (Wildman–Crippen MR) is 86.0 cm³/mol. The van der Waals surface area contributed by atoms with Crippen LogP contribution in [0.2, 0.25) is 0 Å². The van der Waals surface area contributed by atoms with Crippen molar-refractivity contribution in [3.8, 4) is 0 Å². The summed E-state index contributed by atoms with van der Waals surface area (Å²) in [5.41, 5.74) is 4.11. The Morgan fingerprint density at radius 3 is 3.05 bits per heavy atom. The van der Waals surface area contributed by atoms with Crippen LogP contribution in [0.3, 0.4) is 0 Å². The number of rotatable bonds is 3. The first kappa shape index (κ1) is 13.2. The van der Waals surface area contributed by atoms with E-state index in [0.717, 1.165) is 19.6 Å². The summed E-state index contributed by atoms with van der Waals surface area (Å²) in [7, 11) is 1.98. The molecule has 1 aromatic heterocycles. The van der Waals surface area contributed by atoms with Gasteiger partial charge in [-0.2, -0.15) is 0 Å². The van der Waals surface area contributed by atoms with E-state index in [-0.39, 0.29) is 0 Å². The maximum absolute atomic E-state index is 3.67. The van der Waals surface area contributed by atoms with Crippen LogP contribution in [0.25, 0.3) is 0 Å². The summed E-state index contributed by atoms with van der Waals surface area (Å²) in [6.45, 7) is 3.05. The molecule has 0 amide bonds. The summed E-state index contributed by atoms with van der Waals surface area (Å²) in [6.07, 6.45) is 1.17. The Labute approximate surface area is 126 Å². The molecule has 1 aliphatic heterocycles. The number of hydrogen-bond donors (Lipinski definition) is 1. The third-order valence-electron chi connectivity index (χ3n) is 3.58. The standard InChI is InChI=1S/C15H17BrN2S/c1-17-9-11-2-3-13(8-14(11)16)18-6-4-15-12(10-18)5-7-19-15/h2-3,5,7-8,17H,4,6,9-10H2,1H3. The van der Waals surface area contributed by atoms with Crippen LogP contribution in [0.15, 0.2) is 34.1 Å². The third kappa shape index (κ3) is 2.71. The molecule has 0 unspecified atom stereocenters. The molecular weight excluding hydrogens is 320 g/mol. The van der Waals surface area contributed by atoms with Gasteiger partial charge in [0.25, 0.3) is 0 Å². The number of fused-ring (bicyclic) bond motifs is 1. The van der Waals surface area contributed by atoms with Gasteiger partial charge in [0.05, 0.1) is 0 Å². The van der Waals surface area contributed by atoms with Gasteiger partial charge in [-0.3, -0.25) is 0 Å². The van der Waals surface area contributed by atoms with E-state index in [9.17, 15) is 0 Å². The summed E-state index contributed by atoms with van der Waals surface area (Å²) < 4.78 is 1.19. The predicted octanol–water partition coefficient (Wildman–Crippen LogP) is 3.79. The lowest BCUT2D eigenvalue weighted by Crippen LogP contribution is -2.29. The van der Waals surface area contributed by atoms with Gasteiger partial charge < -0.3 is 10.2 Å². The quantitative estimate of drug-likeness (QED) is 0.917. The normalized spacial score (nSPS) is 14.5. The largest absolute Gasteiger partial charge is 0.367 e. The van der Waals surface area contributed by atoms with Gasteiger partial charge in [0.2, 0.25) is 0 Å². The first-order valence-corrected chi connectivity index (χ1v) is 8.18. The molecular formula is C15H17BrN2S. The molecule has 2 aromatic rings. The highest BCUT2D eigenvalue weighted by molar-refractivity contribution is 9.10. The fourth-order valence-corrected chi connectivity index (χ4v) is 3.93. The maximum Gasteiger partial charge on any atom is 0.0440 e. The van der Waals surface area contributed by atoms with E-state index in [4.69, 9.17) is 0 Å². The Morgan fingerprint density at radius 1 is 1.37 bits per heavy atom. The van der Waals surface area contributed by atoms with Gasteiger partial charge in [-0.1, -0.05) is 22.0 Å². The van der Waals surface area contributed by atoms with E-state index in [0.29, 0.717) is 0 Å². The van der Waals surface area contributed by atoms with Crippen LogP contribution in [0, 0.1) is 0 Å². The zero-order valence-corrected chi connectivity index (χ0v) is 13.4. The second-order valence-corrected chi connectivity index (χ2v) is 6.70. The molecule has 100 valence electrons. The highest BCUT2D eigenvalue weighted by atomic mass is 79.9. The van der Waals surface area contributed by atoms with Crippen LogP contribution < -0.4 is 10.2 Å². The zero-order chi connectivity index (χ0) is 13.2. The molecule has 0 atom stereocenters. The molecule has 3 rings (SSSR count). The van der Waals surface area contributed by atoms with Crippen LogP contribution in [-0.4, -0.2) is 13.6 Å². The molecule has 0 saturated heterocycles. The van der Waals surface area contributed by atoms with Crippen molar-refractivity contribution >= 4 is 33.0 Å². The monoisotopic (exact) mass is 336 g/mol. The SMILES string of the molecule is CNCc1ccc(N2CCc3sccc3C2)cc1Br. The molecule has 1 aliphatic rings. The fraction of sp³-hybridized carbons (Fsp3) is 0.333. The Hall–Kier alpha value is -0.840. The molecule has 19 heavy (non-hydrogen) atoms. The fourth-order valence-electron chi connectivity index (χ4n) is 2.54. The highest BCUT2D eigenvalue weighted by Crippen LogP contribution is 2.30. The molecule has 0 fully saturated rings. The van der Waals surface area contributed by atoms with E-state index in [1.165, 1.54) is 27.7 Å². The van der Waals surface area contributed by atoms with E-state index in [2.05, 4.69) is 55.8 Å². The molecule has 0 bridgehead atoms. The van der Waals surface area contributed by atoms with Crippen molar-refractivity contribution in [3.63, 3.8) is 0 Å². The smallest absolute Gasteiger partial charge is 0.0440 e. The minimum absolute atomic E-state index is 0.898. The number of hydrogen-bond acceptors (Lipinski definition) is 3. The van der Waals surface area contributed by atoms with Gasteiger partial charge in [0.1, 0.15) is 0 Å². The topological polar surface area (TPSA) is 15.3 Å². The van der Waals surface area contributed by atoms with Gasteiger partial charge in [-0.05, 0) is 48.2 Å². The van der Waals surface area contributed by atoms with Crippen molar-refractivity contribution < 1.29 is 0 Å². The second-order valence-electron chi connectivity index (χ2n) is 4.85. The van der Waals surface area contributed by atoms with Crippen molar-refractivity contribution in [2.24, 2.45) is 0 Å². The van der Waals surface area contributed by atoms with E-state index >= 15 is 0 Å². The molecule has 2 nitrogen and oxygen atoms in total. The Morgan fingerprint density at radius 2 is 2.26 bits per heavy atom. The Balaban J connectivity index is 1.82. The number of anilines is 1. The summed E-state index contributed by atoms with van der Waals surface area (Å²) in [6, 6.07) is 8.94. The van der Waals surface area contributed by atoms with Gasteiger partial charge in [0.15, 0.2) is 0 Å². The molecule has 1 aromatic carbocycles. The average molecular weight is 337 g/mol. The number of halogens is 1. The summed E-state index contributed by atoms with van der Waals surface area (Å²) >= 11 is 5.56. The second kappa shape index (κ2) is 5.65. The maximum atomic E-state index is 3.67. The lowest BCUT2D eigenvalue weighted by atomic mass is 10.1. The Kier molecular flexibility index (Phi) is 3.91. The van der Waals surface area contributed by atoms with Crippen LogP contribution in [0.4, 0.5) is 5.69 Å². The number of benzene rings is 1. The van der Waals surface area contributed by atoms with Crippen LogP contribution in [-0.2, 0) is 19.5 Å². The number of thiophene rings is 1. The van der Waals surface area contributed by atoms with Gasteiger partial charge in [0, 0.05) is 34.7 Å². The van der Waals surface area contributed by atoms with Crippen molar-refractivity contribution in [1.29, 1.82) is 0 Å². The van der Waals surface area contributed by atoms with Crippen LogP contribution in [0.1, 0.15) is 16.0 Å².